The van der Waals surface area contributed by atoms with Crippen molar-refractivity contribution in [1.82, 2.24) is 13.7 Å². The zero-order valence-electron chi connectivity index (χ0n) is 58.6. The van der Waals surface area contributed by atoms with Crippen LogP contribution in [-0.4, -0.2) is 46.0 Å². The van der Waals surface area contributed by atoms with Crippen molar-refractivity contribution >= 4 is 118 Å². The van der Waals surface area contributed by atoms with Gasteiger partial charge in [0.25, 0.3) is 0 Å². The number of benzene rings is 7. The Morgan fingerprint density at radius 2 is 0.416 bits per heavy atom. The van der Waals surface area contributed by atoms with Crippen LogP contribution in [0.4, 0.5) is 13.2 Å². The summed E-state index contributed by atoms with van der Waals surface area (Å²) in [7, 11) is -8.28. The van der Waals surface area contributed by atoms with Crippen molar-refractivity contribution in [2.24, 2.45) is 0 Å². The number of aromatic nitrogens is 3. The van der Waals surface area contributed by atoms with E-state index in [9.17, 15) is 13.2 Å². The monoisotopic (exact) mass is 1270 g/mol. The van der Waals surface area contributed by atoms with Crippen LogP contribution in [0.2, 0.25) is 66.5 Å². The highest BCUT2D eigenvalue weighted by atomic mass is 28.3. The van der Waals surface area contributed by atoms with Crippen molar-refractivity contribution in [1.29, 1.82) is 0 Å². The van der Waals surface area contributed by atoms with Crippen LogP contribution < -0.4 is 20.7 Å². The molecule has 0 radical (unpaired) electrons. The van der Waals surface area contributed by atoms with Crippen molar-refractivity contribution in [3.05, 3.63) is 139 Å². The van der Waals surface area contributed by atoms with E-state index in [4.69, 9.17) is 0 Å². The molecule has 0 spiro atoms. The Bertz CT molecular complexity index is 3750. The van der Waals surface area contributed by atoms with Crippen molar-refractivity contribution in [3.63, 3.8) is 0 Å². The molecule has 0 saturated heterocycles. The molecule has 0 atom stereocenters. The van der Waals surface area contributed by atoms with E-state index in [1.54, 1.807) is 12.1 Å². The molecule has 0 bridgehead atoms. The van der Waals surface area contributed by atoms with Gasteiger partial charge in [-0.2, -0.15) is 13.2 Å². The molecule has 0 amide bonds. The number of halogens is 3. The Morgan fingerprint density at radius 3 is 0.618 bits per heavy atom. The number of nitrogens with zero attached hydrogens (tertiary/aromatic N) is 3. The summed E-state index contributed by atoms with van der Waals surface area (Å²) in [4.78, 5) is 0. The van der Waals surface area contributed by atoms with Crippen LogP contribution in [0.25, 0.3) is 82.5 Å². The van der Waals surface area contributed by atoms with Crippen LogP contribution in [0.1, 0.15) is 172 Å². The highest BCUT2D eigenvalue weighted by molar-refractivity contribution is 6.97. The predicted octanol–water partition coefficient (Wildman–Crippen LogP) is 23.5. The van der Waals surface area contributed by atoms with Gasteiger partial charge in [0.05, 0.1) is 71.0 Å². The molecule has 0 aliphatic carbocycles. The highest BCUT2D eigenvalue weighted by Crippen LogP contribution is 2.48. The predicted molar refractivity (Wildman–Crippen MR) is 397 cm³/mol. The second-order valence-corrected chi connectivity index (χ2v) is 54.6. The number of alkyl halides is 3. The smallest absolute Gasteiger partial charge is 0.309 e. The average Bonchev–Trinajstić information content (AvgIpc) is 1.72. The average molecular weight is 1270 g/mol. The third kappa shape index (κ3) is 9.92. The molecule has 89 heavy (non-hydrogen) atoms. The Kier molecular flexibility index (Phi) is 17.9. The van der Waals surface area contributed by atoms with Crippen LogP contribution in [0, 0.1) is 0 Å². The first-order valence-corrected chi connectivity index (χ1v) is 43.1. The van der Waals surface area contributed by atoms with Crippen LogP contribution in [-0.2, 0) is 6.18 Å². The standard InChI is InChI=1S/C79H106F3N3Si4/c1-47(2)86(48(3)4,49(5)6)63-31-37-75-69(43-63)70-44-64(87(50(7)8,51(9)10)52(11)12)32-38-76(70)84(75)61-29-35-73-67(41-61)68-42-62(30-36-74(68)83(73)60-27-25-59(26-28-60)79(80,81)82)85-77-39-33-65(88(53(13)14,54(15)16)55(17)18)45-71(77)72-46-66(34-40-78(72)85)89(56(19)20,57(21)22)58(23)24/h25-58H,1-24H3. The lowest BCUT2D eigenvalue weighted by Gasteiger charge is -2.44. The molecule has 7 aromatic carbocycles. The van der Waals surface area contributed by atoms with Gasteiger partial charge in [-0.1, -0.05) is 235 Å². The largest absolute Gasteiger partial charge is 0.416 e. The number of fused-ring (bicyclic) bond motifs is 9. The molecule has 10 aromatic rings. The lowest BCUT2D eigenvalue weighted by molar-refractivity contribution is -0.137. The summed E-state index contributed by atoms with van der Waals surface area (Å²) in [6.07, 6.45) is -4.45. The molecule has 3 nitrogen and oxygen atoms in total. The molecule has 0 unspecified atom stereocenters. The Morgan fingerprint density at radius 1 is 0.236 bits per heavy atom. The van der Waals surface area contributed by atoms with Gasteiger partial charge in [-0.3, -0.25) is 0 Å². The van der Waals surface area contributed by atoms with E-state index in [-0.39, 0.29) is 0 Å². The van der Waals surface area contributed by atoms with Crippen LogP contribution >= 0.6 is 0 Å². The molecule has 10 heteroatoms. The van der Waals surface area contributed by atoms with E-state index >= 15 is 0 Å². The fourth-order valence-electron chi connectivity index (χ4n) is 21.0. The zero-order chi connectivity index (χ0) is 65.3. The van der Waals surface area contributed by atoms with Gasteiger partial charge in [-0.05, 0) is 151 Å². The summed E-state index contributed by atoms with van der Waals surface area (Å²) in [5.41, 5.74) is 15.5. The topological polar surface area (TPSA) is 14.8 Å². The molecule has 0 aliphatic heterocycles. The molecule has 0 saturated carbocycles. The molecule has 0 N–H and O–H groups in total. The minimum Gasteiger partial charge on any atom is -0.309 e. The fourth-order valence-corrected chi connectivity index (χ4v) is 48.1. The van der Waals surface area contributed by atoms with Crippen LogP contribution in [0.15, 0.2) is 133 Å². The first-order valence-electron chi connectivity index (χ1n) is 34.1. The van der Waals surface area contributed by atoms with Gasteiger partial charge < -0.3 is 13.7 Å². The minimum absolute atomic E-state index is 0.556. The third-order valence-corrected chi connectivity index (χ3v) is 51.9. The summed E-state index contributed by atoms with van der Waals surface area (Å²) in [5, 5.41) is 13.5. The summed E-state index contributed by atoms with van der Waals surface area (Å²) >= 11 is 0. The minimum atomic E-state index is -4.45. The molecule has 0 aliphatic rings. The Balaban J connectivity index is 1.31. The molecule has 10 rings (SSSR count). The summed E-state index contributed by atoms with van der Waals surface area (Å²) in [6, 6.07) is 49.7. The summed E-state index contributed by atoms with van der Waals surface area (Å²) in [5.74, 6) is 0. The van der Waals surface area contributed by atoms with Gasteiger partial charge in [0, 0.05) is 49.4 Å². The zero-order valence-corrected chi connectivity index (χ0v) is 62.6. The number of rotatable bonds is 19. The molecular formula is C79H106F3N3Si4. The normalized spacial score (nSPS) is 13.9. The maximum atomic E-state index is 14.3. The van der Waals surface area contributed by atoms with Crippen molar-refractivity contribution in [2.75, 3.05) is 0 Å². The number of hydrogen-bond donors (Lipinski definition) is 0. The maximum absolute atomic E-state index is 14.3. The summed E-state index contributed by atoms with van der Waals surface area (Å²) in [6.45, 7) is 59.3. The third-order valence-electron chi connectivity index (χ3n) is 23.7. The second kappa shape index (κ2) is 23.9. The molecular weight excluding hydrogens is 1160 g/mol. The molecule has 474 valence electrons. The molecule has 3 heterocycles. The SMILES string of the molecule is CC(C)[Si](c1ccc2c(c1)c1cc([Si](C(C)C)(C(C)C)C(C)C)ccc1n2-c1ccc2c(c1)c1cc(-n3c4ccc([Si](C(C)C)(C(C)C)C(C)C)cc4c4cc([Si](C(C)C)(C(C)C)C(C)C)ccc43)ccc1n2-c1ccc(C(F)(F)F)cc1)(C(C)C)C(C)C. The quantitative estimate of drug-likeness (QED) is 0.0717. The van der Waals surface area contributed by atoms with Gasteiger partial charge in [0.15, 0.2) is 0 Å². The number of hydrogen-bond acceptors (Lipinski definition) is 0. The van der Waals surface area contributed by atoms with Gasteiger partial charge >= 0.3 is 6.18 Å². The van der Waals surface area contributed by atoms with E-state index in [0.29, 0.717) is 72.2 Å². The highest BCUT2D eigenvalue weighted by Gasteiger charge is 2.48. The summed E-state index contributed by atoms with van der Waals surface area (Å²) < 4.78 is 50.1. The van der Waals surface area contributed by atoms with E-state index < -0.39 is 44.0 Å². The van der Waals surface area contributed by atoms with E-state index in [1.165, 1.54) is 76.5 Å². The lowest BCUT2D eigenvalue weighted by atomic mass is 10.1. The first-order chi connectivity index (χ1) is 41.7. The van der Waals surface area contributed by atoms with Crippen LogP contribution in [0.5, 0.6) is 0 Å². The van der Waals surface area contributed by atoms with E-state index in [2.05, 4.69) is 289 Å². The van der Waals surface area contributed by atoms with Gasteiger partial charge in [0.1, 0.15) is 0 Å². The van der Waals surface area contributed by atoms with Crippen LogP contribution in [0.3, 0.4) is 0 Å². The fraction of sp³-hybridized carbons (Fsp3) is 0.468. The van der Waals surface area contributed by atoms with Gasteiger partial charge in [-0.15, -0.1) is 0 Å². The van der Waals surface area contributed by atoms with E-state index in [1.807, 2.05) is 0 Å². The van der Waals surface area contributed by atoms with Gasteiger partial charge in [0.2, 0.25) is 0 Å². The van der Waals surface area contributed by atoms with Crippen molar-refractivity contribution < 1.29 is 13.2 Å². The lowest BCUT2D eigenvalue weighted by Crippen LogP contribution is -2.55. The maximum Gasteiger partial charge on any atom is 0.416 e. The second-order valence-electron chi connectivity index (χ2n) is 31.0. The Hall–Kier alpha value is -5.40. The van der Waals surface area contributed by atoms with Crippen molar-refractivity contribution in [2.45, 2.75) is 239 Å². The first kappa shape index (κ1) is 66.5. The van der Waals surface area contributed by atoms with Crippen molar-refractivity contribution in [3.8, 4) is 17.1 Å². The van der Waals surface area contributed by atoms with E-state index in [0.717, 1.165) is 33.2 Å². The molecule has 3 aromatic heterocycles. The molecule has 0 fully saturated rings. The Labute approximate surface area is 536 Å². The van der Waals surface area contributed by atoms with Gasteiger partial charge in [-0.25, -0.2) is 0 Å².